The van der Waals surface area contributed by atoms with Gasteiger partial charge in [0.25, 0.3) is 11.6 Å². The number of nitro benzene ring substituents is 1. The van der Waals surface area contributed by atoms with Crippen LogP contribution in [0.15, 0.2) is 30.6 Å². The largest absolute Gasteiger partial charge is 0.356 e. The summed E-state index contributed by atoms with van der Waals surface area (Å²) in [5, 5.41) is 23.7. The van der Waals surface area contributed by atoms with E-state index in [9.17, 15) is 25.0 Å². The molecule has 0 aliphatic carbocycles. The number of aromatic nitrogens is 2. The fraction of sp³-hybridized carbons (Fsp3) is 0.154. The molecule has 13 heteroatoms. The number of hydrazine groups is 2. The molecule has 0 fully saturated rings. The summed E-state index contributed by atoms with van der Waals surface area (Å²) in [7, 11) is 3.21. The van der Waals surface area contributed by atoms with Crippen molar-refractivity contribution in [3.8, 4) is 0 Å². The molecule has 0 bridgehead atoms. The van der Waals surface area contributed by atoms with Gasteiger partial charge in [-0.15, -0.1) is 0 Å². The normalized spacial score (nSPS) is 10.3. The van der Waals surface area contributed by atoms with Crippen LogP contribution in [-0.2, 0) is 0 Å². The molecule has 0 aliphatic rings. The number of hydrogen-bond donors (Lipinski definition) is 3. The lowest BCUT2D eigenvalue weighted by Crippen LogP contribution is -2.31. The summed E-state index contributed by atoms with van der Waals surface area (Å²) >= 11 is 0. The van der Waals surface area contributed by atoms with E-state index >= 15 is 0 Å². The average Bonchev–Trinajstić information content (AvgIpc) is 2.58. The fourth-order valence-corrected chi connectivity index (χ4v) is 1.94. The predicted molar refractivity (Wildman–Crippen MR) is 90.2 cm³/mol. The van der Waals surface area contributed by atoms with E-state index in [4.69, 9.17) is 0 Å². The third kappa shape index (κ3) is 4.15. The Morgan fingerprint density at radius 2 is 1.73 bits per heavy atom. The van der Waals surface area contributed by atoms with Crippen LogP contribution in [-0.4, -0.2) is 44.8 Å². The number of rotatable bonds is 7. The van der Waals surface area contributed by atoms with Crippen molar-refractivity contribution in [2.45, 2.75) is 0 Å². The smallest absolute Gasteiger partial charge is 0.298 e. The first-order valence-electron chi connectivity index (χ1n) is 7.04. The maximum atomic E-state index is 12.2. The maximum Gasteiger partial charge on any atom is 0.356 e. The summed E-state index contributed by atoms with van der Waals surface area (Å²) in [6, 6.07) is 5.29. The van der Waals surface area contributed by atoms with Crippen LogP contribution in [0.25, 0.3) is 0 Å². The first-order chi connectivity index (χ1) is 12.3. The molecule has 0 saturated carbocycles. The SMILES string of the molecule is CN(C)Nc1ncnc(NNC(=O)c2ccccc2[N+](=O)[O-])c1[N+](=O)[O-]. The number of para-hydroxylation sites is 1. The second-order valence-electron chi connectivity index (χ2n) is 5.04. The molecule has 0 saturated heterocycles. The molecule has 2 aromatic rings. The van der Waals surface area contributed by atoms with Crippen LogP contribution < -0.4 is 16.3 Å². The van der Waals surface area contributed by atoms with Crippen molar-refractivity contribution in [3.63, 3.8) is 0 Å². The number of amides is 1. The van der Waals surface area contributed by atoms with Gasteiger partial charge in [0.15, 0.2) is 0 Å². The van der Waals surface area contributed by atoms with Crippen LogP contribution in [0.1, 0.15) is 10.4 Å². The van der Waals surface area contributed by atoms with E-state index in [1.807, 2.05) is 0 Å². The Kier molecular flexibility index (Phi) is 5.54. The van der Waals surface area contributed by atoms with Gasteiger partial charge in [-0.3, -0.25) is 41.3 Å². The molecule has 136 valence electrons. The van der Waals surface area contributed by atoms with Crippen LogP contribution in [0.2, 0.25) is 0 Å². The Bertz CT molecular complexity index is 856. The predicted octanol–water partition coefficient (Wildman–Crippen LogP) is 0.938. The van der Waals surface area contributed by atoms with E-state index in [0.717, 1.165) is 6.33 Å². The van der Waals surface area contributed by atoms with Gasteiger partial charge in [0.2, 0.25) is 11.6 Å². The average molecular weight is 362 g/mol. The molecule has 0 spiro atoms. The van der Waals surface area contributed by atoms with Crippen LogP contribution in [0, 0.1) is 20.2 Å². The van der Waals surface area contributed by atoms with Crippen molar-refractivity contribution >= 4 is 28.9 Å². The minimum Gasteiger partial charge on any atom is -0.298 e. The monoisotopic (exact) mass is 362 g/mol. The zero-order chi connectivity index (χ0) is 19.3. The number of benzene rings is 1. The highest BCUT2D eigenvalue weighted by molar-refractivity contribution is 5.98. The van der Waals surface area contributed by atoms with Gasteiger partial charge in [0.05, 0.1) is 9.85 Å². The topological polar surface area (TPSA) is 168 Å². The molecule has 0 aliphatic heterocycles. The lowest BCUT2D eigenvalue weighted by molar-refractivity contribution is -0.385. The van der Waals surface area contributed by atoms with E-state index in [1.54, 1.807) is 14.1 Å². The highest BCUT2D eigenvalue weighted by Gasteiger charge is 2.25. The molecule has 13 nitrogen and oxygen atoms in total. The number of carbonyl (C=O) groups excluding carboxylic acids is 1. The van der Waals surface area contributed by atoms with Crippen molar-refractivity contribution in [3.05, 3.63) is 56.4 Å². The van der Waals surface area contributed by atoms with Crippen LogP contribution in [0.3, 0.4) is 0 Å². The van der Waals surface area contributed by atoms with Gasteiger partial charge >= 0.3 is 5.69 Å². The zero-order valence-corrected chi connectivity index (χ0v) is 13.7. The van der Waals surface area contributed by atoms with Gasteiger partial charge in [-0.05, 0) is 6.07 Å². The Morgan fingerprint density at radius 3 is 2.35 bits per heavy atom. The molecule has 1 aromatic carbocycles. The highest BCUT2D eigenvalue weighted by atomic mass is 16.6. The van der Waals surface area contributed by atoms with Crippen molar-refractivity contribution in [1.29, 1.82) is 0 Å². The third-order valence-electron chi connectivity index (χ3n) is 2.97. The minimum atomic E-state index is -0.854. The number of anilines is 2. The summed E-state index contributed by atoms with van der Waals surface area (Å²) in [6.45, 7) is 0. The lowest BCUT2D eigenvalue weighted by Gasteiger charge is -2.14. The first kappa shape index (κ1) is 18.5. The summed E-state index contributed by atoms with van der Waals surface area (Å²) in [6.07, 6.45) is 1.05. The summed E-state index contributed by atoms with van der Waals surface area (Å²) in [4.78, 5) is 40.5. The molecule has 0 atom stereocenters. The molecule has 0 radical (unpaired) electrons. The Morgan fingerprint density at radius 1 is 1.08 bits per heavy atom. The molecule has 26 heavy (non-hydrogen) atoms. The number of nitro groups is 2. The molecule has 0 unspecified atom stereocenters. The van der Waals surface area contributed by atoms with Gasteiger partial charge in [0.1, 0.15) is 11.9 Å². The van der Waals surface area contributed by atoms with E-state index in [2.05, 4.69) is 26.2 Å². The second-order valence-corrected chi connectivity index (χ2v) is 5.04. The number of nitrogens with one attached hydrogen (secondary N) is 3. The fourth-order valence-electron chi connectivity index (χ4n) is 1.94. The summed E-state index contributed by atoms with van der Waals surface area (Å²) < 4.78 is 0. The number of hydrogen-bond acceptors (Lipinski definition) is 10. The van der Waals surface area contributed by atoms with Crippen molar-refractivity contribution < 1.29 is 14.6 Å². The molecule has 2 rings (SSSR count). The Balaban J connectivity index is 2.26. The van der Waals surface area contributed by atoms with Gasteiger partial charge in [-0.1, -0.05) is 12.1 Å². The van der Waals surface area contributed by atoms with Gasteiger partial charge < -0.3 is 0 Å². The summed E-state index contributed by atoms with van der Waals surface area (Å²) in [5.74, 6) is -1.24. The van der Waals surface area contributed by atoms with Gasteiger partial charge in [0, 0.05) is 20.2 Å². The van der Waals surface area contributed by atoms with Crippen LogP contribution >= 0.6 is 0 Å². The van der Waals surface area contributed by atoms with E-state index < -0.39 is 27.1 Å². The van der Waals surface area contributed by atoms with Crippen LogP contribution in [0.5, 0.6) is 0 Å². The minimum absolute atomic E-state index is 0.0996. The molecule has 1 aromatic heterocycles. The Hall–Kier alpha value is -3.87. The second kappa shape index (κ2) is 7.80. The van der Waals surface area contributed by atoms with Crippen molar-refractivity contribution in [1.82, 2.24) is 20.4 Å². The van der Waals surface area contributed by atoms with Gasteiger partial charge in [-0.25, -0.2) is 15.0 Å². The molecule has 1 heterocycles. The molecule has 1 amide bonds. The van der Waals surface area contributed by atoms with Gasteiger partial charge in [-0.2, -0.15) is 0 Å². The van der Waals surface area contributed by atoms with Crippen LogP contribution in [0.4, 0.5) is 23.0 Å². The van der Waals surface area contributed by atoms with E-state index in [-0.39, 0.29) is 17.2 Å². The molecular weight excluding hydrogens is 348 g/mol. The van der Waals surface area contributed by atoms with E-state index in [1.165, 1.54) is 29.3 Å². The zero-order valence-electron chi connectivity index (χ0n) is 13.7. The first-order valence-corrected chi connectivity index (χ1v) is 7.04. The van der Waals surface area contributed by atoms with Crippen molar-refractivity contribution in [2.75, 3.05) is 24.9 Å². The third-order valence-corrected chi connectivity index (χ3v) is 2.97. The van der Waals surface area contributed by atoms with E-state index in [0.29, 0.717) is 0 Å². The Labute approximate surface area is 146 Å². The highest BCUT2D eigenvalue weighted by Crippen LogP contribution is 2.28. The standard InChI is InChI=1S/C13H14N8O5/c1-19(2)18-12-10(21(25)26)11(14-7-15-12)16-17-13(22)8-5-3-4-6-9(8)20(23)24/h3-7H,1-2H3,(H,17,22)(H2,14,15,16,18). The number of carbonyl (C=O) groups is 1. The number of nitrogens with zero attached hydrogens (tertiary/aromatic N) is 5. The molecular formula is C13H14N8O5. The maximum absolute atomic E-state index is 12.2. The molecule has 3 N–H and O–H groups in total. The lowest BCUT2D eigenvalue weighted by atomic mass is 10.2. The summed E-state index contributed by atoms with van der Waals surface area (Å²) in [5.41, 5.74) is 5.96. The van der Waals surface area contributed by atoms with Crippen molar-refractivity contribution in [2.24, 2.45) is 0 Å². The quantitative estimate of drug-likeness (QED) is 0.476.